The number of tetrazole rings is 1. The average Bonchev–Trinajstić information content (AvgIpc) is 3.47. The van der Waals surface area contributed by atoms with Crippen LogP contribution in [0.3, 0.4) is 0 Å². The maximum Gasteiger partial charge on any atom is 0.179 e. The van der Waals surface area contributed by atoms with Gasteiger partial charge >= 0.3 is 0 Å². The highest BCUT2D eigenvalue weighted by molar-refractivity contribution is 5.70. The molecule has 7 nitrogen and oxygen atoms in total. The Bertz CT molecular complexity index is 1170. The molecule has 0 aliphatic heterocycles. The first kappa shape index (κ1) is 20.4. The summed E-state index contributed by atoms with van der Waals surface area (Å²) >= 11 is 0. The van der Waals surface area contributed by atoms with Gasteiger partial charge in [0.05, 0.1) is 6.54 Å². The molecule has 0 amide bonds. The Balaban J connectivity index is 1.55. The fourth-order valence-corrected chi connectivity index (χ4v) is 3.23. The van der Waals surface area contributed by atoms with Gasteiger partial charge in [0.2, 0.25) is 0 Å². The molecule has 2 heterocycles. The van der Waals surface area contributed by atoms with Gasteiger partial charge in [0.15, 0.2) is 17.5 Å². The van der Waals surface area contributed by atoms with Crippen molar-refractivity contribution in [3.8, 4) is 22.5 Å². The molecule has 1 N–H and O–H groups in total. The van der Waals surface area contributed by atoms with E-state index in [1.54, 1.807) is 0 Å². The number of allylic oxidation sites excluding steroid dienone is 2. The van der Waals surface area contributed by atoms with Crippen LogP contribution in [-0.4, -0.2) is 35.4 Å². The molecular weight excluding hydrogens is 386 g/mol. The minimum Gasteiger partial charge on any atom is -0.241 e. The van der Waals surface area contributed by atoms with Crippen LogP contribution in [0, 0.1) is 0 Å². The van der Waals surface area contributed by atoms with Crippen LogP contribution in [0.2, 0.25) is 0 Å². The number of H-pyrrole nitrogens is 1. The fourth-order valence-electron chi connectivity index (χ4n) is 3.23. The van der Waals surface area contributed by atoms with E-state index in [1.807, 2.05) is 29.0 Å². The van der Waals surface area contributed by atoms with Crippen LogP contribution in [0.4, 0.5) is 0 Å². The third-order valence-corrected chi connectivity index (χ3v) is 4.82. The standard InChI is InChI=1S/C24H25N7/c1-3-5-10-22-25-23(11-6-4-2)31(28-22)17-18-12-14-19(15-13-18)20-8-7-9-21(16-20)24-26-29-30-27-24/h5-16H,3-4,17H2,1-2H3,(H,26,27,29,30). The first-order chi connectivity index (χ1) is 15.3. The predicted molar refractivity (Wildman–Crippen MR) is 123 cm³/mol. The van der Waals surface area contributed by atoms with E-state index in [0.29, 0.717) is 12.4 Å². The van der Waals surface area contributed by atoms with Crippen LogP contribution < -0.4 is 0 Å². The van der Waals surface area contributed by atoms with Crippen molar-refractivity contribution in [2.45, 2.75) is 33.2 Å². The molecule has 0 unspecified atom stereocenters. The minimum absolute atomic E-state index is 0.658. The predicted octanol–water partition coefficient (Wildman–Crippen LogP) is 5.02. The second-order valence-corrected chi connectivity index (χ2v) is 7.13. The Morgan fingerprint density at radius 2 is 1.68 bits per heavy atom. The lowest BCUT2D eigenvalue weighted by molar-refractivity contribution is 0.676. The van der Waals surface area contributed by atoms with Crippen molar-refractivity contribution in [3.05, 3.63) is 77.9 Å². The summed E-state index contributed by atoms with van der Waals surface area (Å²) in [5.74, 6) is 2.27. The molecule has 4 aromatic rings. The second kappa shape index (κ2) is 9.75. The molecule has 0 atom stereocenters. The maximum atomic E-state index is 4.66. The zero-order valence-corrected chi connectivity index (χ0v) is 17.7. The molecule has 0 spiro atoms. The molecular formula is C24H25N7. The largest absolute Gasteiger partial charge is 0.241 e. The van der Waals surface area contributed by atoms with E-state index in [9.17, 15) is 0 Å². The lowest BCUT2D eigenvalue weighted by Gasteiger charge is -2.07. The molecule has 156 valence electrons. The van der Waals surface area contributed by atoms with Crippen molar-refractivity contribution in [2.24, 2.45) is 0 Å². The van der Waals surface area contributed by atoms with Crippen molar-refractivity contribution >= 4 is 12.2 Å². The number of hydrogen-bond donors (Lipinski definition) is 1. The molecule has 31 heavy (non-hydrogen) atoms. The zero-order valence-electron chi connectivity index (χ0n) is 17.7. The summed E-state index contributed by atoms with van der Waals surface area (Å²) in [7, 11) is 0. The molecule has 2 aromatic heterocycles. The number of nitrogens with one attached hydrogen (secondary N) is 1. The van der Waals surface area contributed by atoms with E-state index < -0.39 is 0 Å². The van der Waals surface area contributed by atoms with Crippen LogP contribution >= 0.6 is 0 Å². The van der Waals surface area contributed by atoms with Crippen molar-refractivity contribution in [1.82, 2.24) is 35.4 Å². The Labute approximate surface area is 181 Å². The van der Waals surface area contributed by atoms with Gasteiger partial charge in [-0.2, -0.15) is 5.10 Å². The maximum absolute atomic E-state index is 4.66. The second-order valence-electron chi connectivity index (χ2n) is 7.13. The van der Waals surface area contributed by atoms with Gasteiger partial charge in [-0.3, -0.25) is 0 Å². The Kier molecular flexibility index (Phi) is 6.42. The molecule has 0 saturated heterocycles. The topological polar surface area (TPSA) is 85.2 Å². The van der Waals surface area contributed by atoms with Gasteiger partial charge in [-0.1, -0.05) is 68.5 Å². The molecule has 0 fully saturated rings. The molecule has 2 aromatic carbocycles. The van der Waals surface area contributed by atoms with Crippen molar-refractivity contribution in [3.63, 3.8) is 0 Å². The Hall–Kier alpha value is -3.87. The van der Waals surface area contributed by atoms with E-state index in [2.05, 4.69) is 93.1 Å². The fraction of sp³-hybridized carbons (Fsp3) is 0.208. The highest BCUT2D eigenvalue weighted by Gasteiger charge is 2.08. The van der Waals surface area contributed by atoms with Gasteiger partial charge in [0.1, 0.15) is 0 Å². The third-order valence-electron chi connectivity index (χ3n) is 4.82. The molecule has 0 aliphatic carbocycles. The summed E-state index contributed by atoms with van der Waals surface area (Å²) in [6.07, 6.45) is 10.1. The summed E-state index contributed by atoms with van der Waals surface area (Å²) in [5, 5.41) is 18.8. The van der Waals surface area contributed by atoms with Crippen molar-refractivity contribution in [2.75, 3.05) is 0 Å². The van der Waals surface area contributed by atoms with Gasteiger partial charge in [-0.15, -0.1) is 5.10 Å². The quantitative estimate of drug-likeness (QED) is 0.440. The summed E-state index contributed by atoms with van der Waals surface area (Å²) in [5.41, 5.74) is 4.37. The highest BCUT2D eigenvalue weighted by Crippen LogP contribution is 2.24. The van der Waals surface area contributed by atoms with E-state index in [1.165, 1.54) is 5.56 Å². The lowest BCUT2D eigenvalue weighted by Crippen LogP contribution is -2.04. The lowest BCUT2D eigenvalue weighted by atomic mass is 10.0. The normalized spacial score (nSPS) is 11.7. The molecule has 0 radical (unpaired) electrons. The summed E-state index contributed by atoms with van der Waals surface area (Å²) in [4.78, 5) is 4.64. The molecule has 7 heteroatoms. The average molecular weight is 412 g/mol. The monoisotopic (exact) mass is 411 g/mol. The summed E-state index contributed by atoms with van der Waals surface area (Å²) in [6.45, 7) is 4.88. The molecule has 0 bridgehead atoms. The number of nitrogens with zero attached hydrogens (tertiary/aromatic N) is 6. The van der Waals surface area contributed by atoms with E-state index >= 15 is 0 Å². The number of hydrogen-bond acceptors (Lipinski definition) is 5. The van der Waals surface area contributed by atoms with Gasteiger partial charge < -0.3 is 0 Å². The van der Waals surface area contributed by atoms with E-state index in [-0.39, 0.29) is 0 Å². The first-order valence-electron chi connectivity index (χ1n) is 10.5. The van der Waals surface area contributed by atoms with Crippen LogP contribution in [0.25, 0.3) is 34.7 Å². The zero-order chi connectivity index (χ0) is 21.5. The van der Waals surface area contributed by atoms with E-state index in [0.717, 1.165) is 41.2 Å². The summed E-state index contributed by atoms with van der Waals surface area (Å²) < 4.78 is 1.95. The third kappa shape index (κ3) is 5.01. The minimum atomic E-state index is 0.658. The molecule has 4 rings (SSSR count). The SMILES string of the molecule is CCC=Cc1nc(C=CCC)n(Cc2ccc(-c3cccc(-c4nnn[nH]4)c3)cc2)n1. The van der Waals surface area contributed by atoms with Gasteiger partial charge in [0.25, 0.3) is 0 Å². The number of aromatic nitrogens is 7. The Morgan fingerprint density at radius 3 is 2.42 bits per heavy atom. The van der Waals surface area contributed by atoms with Gasteiger partial charge in [-0.05, 0) is 58.2 Å². The highest BCUT2D eigenvalue weighted by atomic mass is 15.5. The smallest absolute Gasteiger partial charge is 0.179 e. The van der Waals surface area contributed by atoms with Crippen molar-refractivity contribution in [1.29, 1.82) is 0 Å². The number of benzene rings is 2. The molecule has 0 aliphatic rings. The van der Waals surface area contributed by atoms with Crippen LogP contribution in [0.1, 0.15) is 43.9 Å². The van der Waals surface area contributed by atoms with Gasteiger partial charge in [-0.25, -0.2) is 14.8 Å². The van der Waals surface area contributed by atoms with E-state index in [4.69, 9.17) is 0 Å². The van der Waals surface area contributed by atoms with Crippen molar-refractivity contribution < 1.29 is 0 Å². The first-order valence-corrected chi connectivity index (χ1v) is 10.5. The number of aromatic amines is 1. The van der Waals surface area contributed by atoms with Crippen LogP contribution in [0.5, 0.6) is 0 Å². The summed E-state index contributed by atoms with van der Waals surface area (Å²) in [6, 6.07) is 16.7. The van der Waals surface area contributed by atoms with Crippen LogP contribution in [-0.2, 0) is 6.54 Å². The molecule has 0 saturated carbocycles. The Morgan fingerprint density at radius 1 is 0.903 bits per heavy atom. The van der Waals surface area contributed by atoms with Gasteiger partial charge in [0, 0.05) is 5.56 Å². The van der Waals surface area contributed by atoms with Crippen LogP contribution in [0.15, 0.2) is 60.7 Å². The number of rotatable bonds is 8.